The van der Waals surface area contributed by atoms with E-state index >= 15 is 0 Å². The maximum absolute atomic E-state index is 13.4. The molecule has 1 aliphatic heterocycles. The largest absolute Gasteiger partial charge is 0.449 e. The molecule has 4 rings (SSSR count). The summed E-state index contributed by atoms with van der Waals surface area (Å²) in [4.78, 5) is 33.9. The molecule has 1 amide bonds. The Morgan fingerprint density at radius 1 is 1.06 bits per heavy atom. The lowest BCUT2D eigenvalue weighted by atomic mass is 10.1. The molecule has 32 heavy (non-hydrogen) atoms. The van der Waals surface area contributed by atoms with Crippen LogP contribution >= 0.6 is 0 Å². The number of aryl methyl sites for hydroxylation is 1. The highest BCUT2D eigenvalue weighted by Gasteiger charge is 2.28. The van der Waals surface area contributed by atoms with Crippen LogP contribution in [0.15, 0.2) is 54.6 Å². The average molecular weight is 435 g/mol. The van der Waals surface area contributed by atoms with Gasteiger partial charge in [0, 0.05) is 44.2 Å². The van der Waals surface area contributed by atoms with Gasteiger partial charge >= 0.3 is 5.97 Å². The molecule has 1 aliphatic rings. The fourth-order valence-corrected chi connectivity index (χ4v) is 3.94. The van der Waals surface area contributed by atoms with Crippen molar-refractivity contribution in [1.29, 1.82) is 0 Å². The van der Waals surface area contributed by atoms with Gasteiger partial charge in [0.05, 0.1) is 16.8 Å². The molecule has 2 heterocycles. The van der Waals surface area contributed by atoms with Gasteiger partial charge in [-0.3, -0.25) is 14.7 Å². The molecular formula is C25H26FN3O3. The standard InChI is InChI=1S/C25H26FN3O3/c1-17-22(14-20-8-9-21(26)15-23(20)27-17)25(31)32-18(2)24(30)29-12-10-28(11-13-29)16-19-6-4-3-5-7-19/h3-9,14-15,18H,10-13,16H2,1-2H3. The van der Waals surface area contributed by atoms with E-state index in [4.69, 9.17) is 4.74 Å². The van der Waals surface area contributed by atoms with E-state index in [0.29, 0.717) is 29.7 Å². The molecule has 1 aromatic heterocycles. The first-order valence-electron chi connectivity index (χ1n) is 10.7. The lowest BCUT2D eigenvalue weighted by molar-refractivity contribution is -0.141. The summed E-state index contributed by atoms with van der Waals surface area (Å²) in [6, 6.07) is 16.1. The predicted molar refractivity (Wildman–Crippen MR) is 120 cm³/mol. The van der Waals surface area contributed by atoms with Gasteiger partial charge in [0.15, 0.2) is 6.10 Å². The number of aromatic nitrogens is 1. The van der Waals surface area contributed by atoms with Gasteiger partial charge < -0.3 is 9.64 Å². The molecular weight excluding hydrogens is 409 g/mol. The topological polar surface area (TPSA) is 62.7 Å². The van der Waals surface area contributed by atoms with E-state index in [-0.39, 0.29) is 17.3 Å². The van der Waals surface area contributed by atoms with Crippen LogP contribution in [0, 0.1) is 12.7 Å². The fourth-order valence-electron chi connectivity index (χ4n) is 3.94. The summed E-state index contributed by atoms with van der Waals surface area (Å²) in [6.07, 6.45) is -0.897. The zero-order valence-electron chi connectivity index (χ0n) is 18.3. The first kappa shape index (κ1) is 21.9. The number of carbonyl (C=O) groups excluding carboxylic acids is 2. The summed E-state index contributed by atoms with van der Waals surface area (Å²) in [7, 11) is 0. The van der Waals surface area contributed by atoms with E-state index in [9.17, 15) is 14.0 Å². The number of benzene rings is 2. The van der Waals surface area contributed by atoms with Crippen molar-refractivity contribution in [3.8, 4) is 0 Å². The molecule has 0 N–H and O–H groups in total. The van der Waals surface area contributed by atoms with Crippen LogP contribution in [0.25, 0.3) is 10.9 Å². The van der Waals surface area contributed by atoms with Crippen molar-refractivity contribution in [2.45, 2.75) is 26.5 Å². The highest BCUT2D eigenvalue weighted by atomic mass is 19.1. The molecule has 0 radical (unpaired) electrons. The number of fused-ring (bicyclic) bond motifs is 1. The number of pyridine rings is 1. The first-order valence-corrected chi connectivity index (χ1v) is 10.7. The molecule has 0 bridgehead atoms. The van der Waals surface area contributed by atoms with Gasteiger partial charge in [-0.15, -0.1) is 0 Å². The van der Waals surface area contributed by atoms with Crippen LogP contribution in [0.4, 0.5) is 4.39 Å². The molecule has 166 valence electrons. The monoisotopic (exact) mass is 435 g/mol. The van der Waals surface area contributed by atoms with Gasteiger partial charge in [-0.2, -0.15) is 0 Å². The summed E-state index contributed by atoms with van der Waals surface area (Å²) < 4.78 is 18.9. The Labute approximate surface area is 186 Å². The van der Waals surface area contributed by atoms with Crippen molar-refractivity contribution in [3.63, 3.8) is 0 Å². The Kier molecular flexibility index (Phi) is 6.46. The second kappa shape index (κ2) is 9.44. The number of halogens is 1. The summed E-state index contributed by atoms with van der Waals surface area (Å²) in [6.45, 7) is 6.84. The summed E-state index contributed by atoms with van der Waals surface area (Å²) in [5, 5.41) is 0.637. The van der Waals surface area contributed by atoms with Crippen molar-refractivity contribution < 1.29 is 18.7 Å². The lowest BCUT2D eigenvalue weighted by Gasteiger charge is -2.35. The Morgan fingerprint density at radius 3 is 2.50 bits per heavy atom. The molecule has 1 saturated heterocycles. The van der Waals surface area contributed by atoms with E-state index in [1.54, 1.807) is 30.9 Å². The maximum Gasteiger partial charge on any atom is 0.340 e. The Morgan fingerprint density at radius 2 is 1.78 bits per heavy atom. The smallest absolute Gasteiger partial charge is 0.340 e. The van der Waals surface area contributed by atoms with Crippen LogP contribution in [0.3, 0.4) is 0 Å². The van der Waals surface area contributed by atoms with Crippen LogP contribution in [-0.2, 0) is 16.1 Å². The molecule has 6 nitrogen and oxygen atoms in total. The Bertz CT molecular complexity index is 1130. The normalized spacial score (nSPS) is 15.5. The van der Waals surface area contributed by atoms with Gasteiger partial charge in [-0.05, 0) is 37.6 Å². The number of hydrogen-bond donors (Lipinski definition) is 0. The maximum atomic E-state index is 13.4. The molecule has 2 aromatic carbocycles. The number of amides is 1. The van der Waals surface area contributed by atoms with Crippen molar-refractivity contribution in [3.05, 3.63) is 77.2 Å². The van der Waals surface area contributed by atoms with Crippen molar-refractivity contribution in [2.24, 2.45) is 0 Å². The molecule has 0 saturated carbocycles. The number of carbonyl (C=O) groups is 2. The SMILES string of the molecule is Cc1nc2cc(F)ccc2cc1C(=O)OC(C)C(=O)N1CCN(Cc2ccccc2)CC1. The molecule has 3 aromatic rings. The number of ether oxygens (including phenoxy) is 1. The van der Waals surface area contributed by atoms with E-state index < -0.39 is 12.1 Å². The fraction of sp³-hybridized carbons (Fsp3) is 0.320. The second-order valence-corrected chi connectivity index (χ2v) is 8.09. The van der Waals surface area contributed by atoms with Gasteiger partial charge in [0.25, 0.3) is 5.91 Å². The average Bonchev–Trinajstić information content (AvgIpc) is 2.79. The molecule has 1 unspecified atom stereocenters. The number of esters is 1. The zero-order chi connectivity index (χ0) is 22.7. The number of nitrogens with zero attached hydrogens (tertiary/aromatic N) is 3. The van der Waals surface area contributed by atoms with Gasteiger partial charge in [-0.25, -0.2) is 9.18 Å². The van der Waals surface area contributed by atoms with Crippen LogP contribution in [0.1, 0.15) is 28.5 Å². The number of rotatable bonds is 5. The van der Waals surface area contributed by atoms with E-state index in [2.05, 4.69) is 22.0 Å². The molecule has 1 fully saturated rings. The predicted octanol–water partition coefficient (Wildman–Crippen LogP) is 3.57. The third-order valence-electron chi connectivity index (χ3n) is 5.75. The van der Waals surface area contributed by atoms with Crippen molar-refractivity contribution in [2.75, 3.05) is 26.2 Å². The number of hydrogen-bond acceptors (Lipinski definition) is 5. The van der Waals surface area contributed by atoms with E-state index in [0.717, 1.165) is 19.6 Å². The zero-order valence-corrected chi connectivity index (χ0v) is 18.3. The van der Waals surface area contributed by atoms with Crippen LogP contribution in [-0.4, -0.2) is 58.9 Å². The van der Waals surface area contributed by atoms with Crippen molar-refractivity contribution >= 4 is 22.8 Å². The van der Waals surface area contributed by atoms with Crippen molar-refractivity contribution in [1.82, 2.24) is 14.8 Å². The van der Waals surface area contributed by atoms with Crippen LogP contribution < -0.4 is 0 Å². The lowest BCUT2D eigenvalue weighted by Crippen LogP contribution is -2.51. The third-order valence-corrected chi connectivity index (χ3v) is 5.75. The highest BCUT2D eigenvalue weighted by Crippen LogP contribution is 2.19. The quantitative estimate of drug-likeness (QED) is 0.574. The first-order chi connectivity index (χ1) is 15.4. The third kappa shape index (κ3) is 4.94. The minimum absolute atomic E-state index is 0.203. The van der Waals surface area contributed by atoms with Gasteiger partial charge in [-0.1, -0.05) is 30.3 Å². The van der Waals surface area contributed by atoms with Gasteiger partial charge in [0.1, 0.15) is 5.82 Å². The molecule has 0 spiro atoms. The minimum atomic E-state index is -0.897. The van der Waals surface area contributed by atoms with Gasteiger partial charge in [0.2, 0.25) is 0 Å². The molecule has 7 heteroatoms. The second-order valence-electron chi connectivity index (χ2n) is 8.09. The Hall–Kier alpha value is -3.32. The summed E-state index contributed by atoms with van der Waals surface area (Å²) in [5.74, 6) is -1.20. The highest BCUT2D eigenvalue weighted by molar-refractivity contribution is 5.96. The molecule has 1 atom stereocenters. The van der Waals surface area contributed by atoms with E-state index in [1.807, 2.05) is 18.2 Å². The van der Waals surface area contributed by atoms with Crippen LogP contribution in [0.5, 0.6) is 0 Å². The summed E-state index contributed by atoms with van der Waals surface area (Å²) >= 11 is 0. The van der Waals surface area contributed by atoms with E-state index in [1.165, 1.54) is 17.7 Å². The Balaban J connectivity index is 1.34. The minimum Gasteiger partial charge on any atom is -0.449 e. The number of piperazine rings is 1. The molecule has 0 aliphatic carbocycles. The summed E-state index contributed by atoms with van der Waals surface area (Å²) in [5.41, 5.74) is 2.42. The van der Waals surface area contributed by atoms with Crippen LogP contribution in [0.2, 0.25) is 0 Å².